The van der Waals surface area contributed by atoms with Crippen molar-refractivity contribution in [3.63, 3.8) is 0 Å². The van der Waals surface area contributed by atoms with E-state index in [-0.39, 0.29) is 12.8 Å². The maximum Gasteiger partial charge on any atom is 0.231 e. The van der Waals surface area contributed by atoms with Crippen LogP contribution in [0.1, 0.15) is 22.9 Å². The van der Waals surface area contributed by atoms with E-state index in [0.717, 1.165) is 47.5 Å². The molecule has 0 bridgehead atoms. The van der Waals surface area contributed by atoms with Gasteiger partial charge >= 0.3 is 0 Å². The van der Waals surface area contributed by atoms with Crippen LogP contribution in [0.25, 0.3) is 10.9 Å². The zero-order valence-corrected chi connectivity index (χ0v) is 17.0. The molecule has 2 aliphatic heterocycles. The fourth-order valence-corrected chi connectivity index (χ4v) is 4.67. The Balaban J connectivity index is 1.65. The largest absolute Gasteiger partial charge is 0.492 e. The van der Waals surface area contributed by atoms with Crippen molar-refractivity contribution in [2.75, 3.05) is 27.5 Å². The molecule has 29 heavy (non-hydrogen) atoms. The molecule has 5 rings (SSSR count). The van der Waals surface area contributed by atoms with Gasteiger partial charge in [0, 0.05) is 42.7 Å². The first-order valence-electron chi connectivity index (χ1n) is 9.90. The van der Waals surface area contributed by atoms with Crippen LogP contribution in [-0.2, 0) is 19.9 Å². The van der Waals surface area contributed by atoms with E-state index in [4.69, 9.17) is 19.6 Å². The summed E-state index contributed by atoms with van der Waals surface area (Å²) in [5.74, 6) is 2.25. The summed E-state index contributed by atoms with van der Waals surface area (Å²) in [4.78, 5) is 2.37. The number of ether oxygens (including phenoxy) is 3. The summed E-state index contributed by atoms with van der Waals surface area (Å²) in [6, 6.07) is 12.3. The summed E-state index contributed by atoms with van der Waals surface area (Å²) < 4.78 is 19.4. The van der Waals surface area contributed by atoms with E-state index < -0.39 is 0 Å². The smallest absolute Gasteiger partial charge is 0.231 e. The van der Waals surface area contributed by atoms with Gasteiger partial charge in [0.1, 0.15) is 0 Å². The second-order valence-electron chi connectivity index (χ2n) is 7.79. The highest BCUT2D eigenvalue weighted by molar-refractivity contribution is 5.78. The molecule has 0 saturated carbocycles. The van der Waals surface area contributed by atoms with E-state index in [1.165, 1.54) is 11.1 Å². The lowest BCUT2D eigenvalue weighted by molar-refractivity contribution is 0.170. The minimum absolute atomic E-state index is 0.134. The number of benzene rings is 2. The molecule has 3 aromatic rings. The van der Waals surface area contributed by atoms with Crippen LogP contribution in [0.5, 0.6) is 17.2 Å². The molecule has 2 aromatic carbocycles. The molecule has 3 heterocycles. The van der Waals surface area contributed by atoms with Crippen LogP contribution < -0.4 is 19.6 Å². The van der Waals surface area contributed by atoms with Crippen LogP contribution in [0.4, 0.5) is 0 Å². The van der Waals surface area contributed by atoms with E-state index in [9.17, 15) is 0 Å². The molecular weight excluding hydrogens is 366 g/mol. The summed E-state index contributed by atoms with van der Waals surface area (Å²) >= 11 is 0. The average Bonchev–Trinajstić information content (AvgIpc) is 3.20. The molecule has 2 aliphatic rings. The number of likely N-dealkylation sites (N-methyl/N-ethyl adjacent to an activating group) is 1. The summed E-state index contributed by atoms with van der Waals surface area (Å²) in [5.41, 5.74) is 4.62. The van der Waals surface area contributed by atoms with Crippen molar-refractivity contribution in [2.24, 2.45) is 7.05 Å². The Morgan fingerprint density at radius 2 is 2.00 bits per heavy atom. The van der Waals surface area contributed by atoms with E-state index in [1.54, 1.807) is 7.11 Å². The lowest BCUT2D eigenvalue weighted by atomic mass is 9.88. The second-order valence-corrected chi connectivity index (χ2v) is 7.79. The minimum atomic E-state index is 0.134. The third-order valence-electron chi connectivity index (χ3n) is 6.25. The fourth-order valence-electron chi connectivity index (χ4n) is 4.67. The number of hydrogen-bond acceptors (Lipinski definition) is 5. The molecule has 6 nitrogen and oxygen atoms in total. The van der Waals surface area contributed by atoms with Gasteiger partial charge in [0.05, 0.1) is 18.0 Å². The standard InChI is InChI=1S/C23H25N3O3/c1-25-9-8-14-10-20-22(29-13-28-20)23(27-3)21(14)19(25)12-15-11-17(24)16-6-4-5-7-18(16)26(15)2/h4-7,10-11,19,24H,8-9,12-13H2,1-3H3/t19-/m1/s1. The monoisotopic (exact) mass is 391 g/mol. The van der Waals surface area contributed by atoms with Crippen molar-refractivity contribution in [3.05, 3.63) is 58.6 Å². The van der Waals surface area contributed by atoms with Gasteiger partial charge in [-0.3, -0.25) is 4.90 Å². The number of rotatable bonds is 3. The molecule has 0 radical (unpaired) electrons. The fraction of sp³-hybridized carbons (Fsp3) is 0.348. The molecule has 1 atom stereocenters. The van der Waals surface area contributed by atoms with Crippen molar-refractivity contribution in [1.29, 1.82) is 5.41 Å². The van der Waals surface area contributed by atoms with Crippen LogP contribution in [0.15, 0.2) is 36.4 Å². The number of pyridine rings is 1. The predicted octanol–water partition coefficient (Wildman–Crippen LogP) is 3.17. The molecular formula is C23H25N3O3. The third kappa shape index (κ3) is 2.78. The molecule has 1 N–H and O–H groups in total. The molecule has 0 amide bonds. The maximum absolute atomic E-state index is 8.50. The van der Waals surface area contributed by atoms with Gasteiger partial charge < -0.3 is 24.2 Å². The lowest BCUT2D eigenvalue weighted by Gasteiger charge is -2.36. The van der Waals surface area contributed by atoms with Crippen LogP contribution in [0.3, 0.4) is 0 Å². The van der Waals surface area contributed by atoms with Gasteiger partial charge in [0.25, 0.3) is 0 Å². The van der Waals surface area contributed by atoms with E-state index in [2.05, 4.69) is 35.7 Å². The summed E-state index contributed by atoms with van der Waals surface area (Å²) in [7, 11) is 5.93. The second kappa shape index (κ2) is 6.81. The first-order valence-corrected chi connectivity index (χ1v) is 9.90. The minimum Gasteiger partial charge on any atom is -0.492 e. The predicted molar refractivity (Wildman–Crippen MR) is 111 cm³/mol. The van der Waals surface area contributed by atoms with Gasteiger partial charge in [-0.15, -0.1) is 0 Å². The van der Waals surface area contributed by atoms with Crippen molar-refractivity contribution in [2.45, 2.75) is 18.9 Å². The molecule has 0 saturated heterocycles. The highest BCUT2D eigenvalue weighted by Crippen LogP contribution is 2.49. The molecule has 150 valence electrons. The molecule has 0 aliphatic carbocycles. The Kier molecular flexibility index (Phi) is 4.24. The highest BCUT2D eigenvalue weighted by Gasteiger charge is 2.34. The van der Waals surface area contributed by atoms with Crippen LogP contribution in [0.2, 0.25) is 0 Å². The molecule has 6 heteroatoms. The van der Waals surface area contributed by atoms with Gasteiger partial charge in [-0.05, 0) is 37.2 Å². The van der Waals surface area contributed by atoms with E-state index >= 15 is 0 Å². The SMILES string of the molecule is COc1c2c(cc3c1[C@@H](Cc1cc(=N)c4ccccc4n1C)N(C)CC3)OCO2. The summed E-state index contributed by atoms with van der Waals surface area (Å²) in [5, 5.41) is 10.0. The number of methoxy groups -OCH3 is 1. The zero-order chi connectivity index (χ0) is 20.1. The Morgan fingerprint density at radius 3 is 2.83 bits per heavy atom. The highest BCUT2D eigenvalue weighted by atomic mass is 16.7. The Hall–Kier alpha value is -2.99. The van der Waals surface area contributed by atoms with Gasteiger partial charge in [-0.25, -0.2) is 0 Å². The van der Waals surface area contributed by atoms with Gasteiger partial charge in [0.2, 0.25) is 12.5 Å². The van der Waals surface area contributed by atoms with Gasteiger partial charge in [0.15, 0.2) is 11.5 Å². The molecule has 0 fully saturated rings. The van der Waals surface area contributed by atoms with Crippen molar-refractivity contribution >= 4 is 10.9 Å². The van der Waals surface area contributed by atoms with E-state index in [1.807, 2.05) is 24.3 Å². The first kappa shape index (κ1) is 18.1. The molecule has 0 spiro atoms. The Bertz CT molecular complexity index is 1170. The Morgan fingerprint density at radius 1 is 1.17 bits per heavy atom. The number of aryl methyl sites for hydroxylation is 1. The maximum atomic E-state index is 8.50. The number of fused-ring (bicyclic) bond motifs is 3. The average molecular weight is 391 g/mol. The van der Waals surface area contributed by atoms with Crippen LogP contribution >= 0.6 is 0 Å². The molecule has 1 aromatic heterocycles. The van der Waals surface area contributed by atoms with Crippen LogP contribution in [-0.4, -0.2) is 37.0 Å². The van der Waals surface area contributed by atoms with Gasteiger partial charge in [-0.2, -0.15) is 0 Å². The van der Waals surface area contributed by atoms with Gasteiger partial charge in [-0.1, -0.05) is 18.2 Å². The lowest BCUT2D eigenvalue weighted by Crippen LogP contribution is -2.34. The number of para-hydroxylation sites is 1. The quantitative estimate of drug-likeness (QED) is 0.745. The number of nitrogens with one attached hydrogen (secondary N) is 1. The number of hydrogen-bond donors (Lipinski definition) is 1. The van der Waals surface area contributed by atoms with Crippen molar-refractivity contribution < 1.29 is 14.2 Å². The van der Waals surface area contributed by atoms with Crippen LogP contribution in [0, 0.1) is 5.41 Å². The van der Waals surface area contributed by atoms with E-state index in [0.29, 0.717) is 11.1 Å². The summed E-state index contributed by atoms with van der Waals surface area (Å²) in [6.07, 6.45) is 1.73. The zero-order valence-electron chi connectivity index (χ0n) is 17.0. The van der Waals surface area contributed by atoms with Crippen molar-refractivity contribution in [1.82, 2.24) is 9.47 Å². The Labute approximate surface area is 169 Å². The van der Waals surface area contributed by atoms with Crippen molar-refractivity contribution in [3.8, 4) is 17.2 Å². The third-order valence-corrected chi connectivity index (χ3v) is 6.25. The topological polar surface area (TPSA) is 59.7 Å². The normalized spacial score (nSPS) is 18.1. The molecule has 0 unspecified atom stereocenters. The first-order chi connectivity index (χ1) is 14.1. The number of aromatic nitrogens is 1. The number of nitrogens with zero attached hydrogens (tertiary/aromatic N) is 2. The summed E-state index contributed by atoms with van der Waals surface area (Å²) in [6.45, 7) is 1.20.